The quantitative estimate of drug-likeness (QED) is 0.626. The van der Waals surface area contributed by atoms with Crippen LogP contribution in [0.1, 0.15) is 26.7 Å². The van der Waals surface area contributed by atoms with Gasteiger partial charge in [-0.15, -0.1) is 0 Å². The highest BCUT2D eigenvalue weighted by Crippen LogP contribution is 2.07. The monoisotopic (exact) mass is 143 g/mol. The van der Waals surface area contributed by atoms with Crippen LogP contribution in [0.3, 0.4) is 0 Å². The zero-order valence-electron chi connectivity index (χ0n) is 6.89. The smallest absolute Gasteiger partial charge is 0.0703 e. The first-order valence-electron chi connectivity index (χ1n) is 4.19. The fourth-order valence-corrected chi connectivity index (χ4v) is 1.36. The first-order chi connectivity index (χ1) is 4.83. The number of nitrogens with one attached hydrogen (secondary N) is 1. The standard InChI is InChI=1S/C8H17NO/c1-3-4-8-6-9-5-7(2)10-8/h7-9H,3-6H2,1-2H3/t7-,8+/m1/s1. The Bertz CT molecular complexity index is 93.3. The largest absolute Gasteiger partial charge is 0.373 e. The molecule has 1 N–H and O–H groups in total. The number of morpholine rings is 1. The molecule has 2 heteroatoms. The van der Waals surface area contributed by atoms with Gasteiger partial charge in [-0.2, -0.15) is 0 Å². The molecule has 0 amide bonds. The molecule has 0 aliphatic carbocycles. The highest BCUT2D eigenvalue weighted by molar-refractivity contribution is 4.70. The summed E-state index contributed by atoms with van der Waals surface area (Å²) < 4.78 is 5.66. The molecule has 2 atom stereocenters. The van der Waals surface area contributed by atoms with Gasteiger partial charge in [0.15, 0.2) is 0 Å². The Balaban J connectivity index is 2.18. The summed E-state index contributed by atoms with van der Waals surface area (Å²) in [4.78, 5) is 0. The minimum absolute atomic E-state index is 0.408. The van der Waals surface area contributed by atoms with Crippen molar-refractivity contribution in [3.05, 3.63) is 0 Å². The average Bonchev–Trinajstić information content (AvgIpc) is 1.88. The zero-order valence-corrected chi connectivity index (χ0v) is 6.89. The van der Waals surface area contributed by atoms with Crippen LogP contribution in [0.2, 0.25) is 0 Å². The lowest BCUT2D eigenvalue weighted by Gasteiger charge is -2.28. The summed E-state index contributed by atoms with van der Waals surface area (Å²) in [7, 11) is 0. The Morgan fingerprint density at radius 3 is 2.90 bits per heavy atom. The predicted molar refractivity (Wildman–Crippen MR) is 42.1 cm³/mol. The van der Waals surface area contributed by atoms with Crippen LogP contribution >= 0.6 is 0 Å². The molecule has 0 spiro atoms. The molecule has 2 nitrogen and oxygen atoms in total. The molecule has 0 aromatic carbocycles. The molecule has 1 aliphatic rings. The topological polar surface area (TPSA) is 21.3 Å². The van der Waals surface area contributed by atoms with E-state index in [4.69, 9.17) is 4.74 Å². The lowest BCUT2D eigenvalue weighted by atomic mass is 10.2. The summed E-state index contributed by atoms with van der Waals surface area (Å²) in [6.07, 6.45) is 3.29. The molecule has 1 saturated heterocycles. The molecule has 10 heavy (non-hydrogen) atoms. The van der Waals surface area contributed by atoms with E-state index in [0.29, 0.717) is 12.2 Å². The van der Waals surface area contributed by atoms with Crippen LogP contribution in [0.15, 0.2) is 0 Å². The van der Waals surface area contributed by atoms with E-state index in [1.165, 1.54) is 12.8 Å². The van der Waals surface area contributed by atoms with Gasteiger partial charge in [0.2, 0.25) is 0 Å². The molecule has 0 unspecified atom stereocenters. The summed E-state index contributed by atoms with van der Waals surface area (Å²) in [6.45, 7) is 6.37. The summed E-state index contributed by atoms with van der Waals surface area (Å²) >= 11 is 0. The molecular formula is C8H17NO. The Labute approximate surface area is 63.0 Å². The van der Waals surface area contributed by atoms with E-state index >= 15 is 0 Å². The van der Waals surface area contributed by atoms with Gasteiger partial charge in [0.05, 0.1) is 12.2 Å². The molecule has 0 aromatic heterocycles. The van der Waals surface area contributed by atoms with Crippen molar-refractivity contribution in [2.45, 2.75) is 38.9 Å². The van der Waals surface area contributed by atoms with Crippen molar-refractivity contribution in [1.82, 2.24) is 5.32 Å². The maximum atomic E-state index is 5.66. The first kappa shape index (κ1) is 8.02. The minimum Gasteiger partial charge on any atom is -0.373 e. The SMILES string of the molecule is CCC[C@H]1CNC[C@@H](C)O1. The van der Waals surface area contributed by atoms with Crippen molar-refractivity contribution >= 4 is 0 Å². The number of hydrogen-bond acceptors (Lipinski definition) is 2. The third kappa shape index (κ3) is 2.27. The summed E-state index contributed by atoms with van der Waals surface area (Å²) in [5.41, 5.74) is 0. The summed E-state index contributed by atoms with van der Waals surface area (Å²) in [5.74, 6) is 0. The molecule has 1 rings (SSSR count). The first-order valence-corrected chi connectivity index (χ1v) is 4.19. The van der Waals surface area contributed by atoms with Crippen LogP contribution < -0.4 is 5.32 Å². The van der Waals surface area contributed by atoms with Gasteiger partial charge < -0.3 is 10.1 Å². The maximum absolute atomic E-state index is 5.66. The summed E-state index contributed by atoms with van der Waals surface area (Å²) in [6, 6.07) is 0. The highest BCUT2D eigenvalue weighted by atomic mass is 16.5. The average molecular weight is 143 g/mol. The third-order valence-electron chi connectivity index (χ3n) is 1.84. The zero-order chi connectivity index (χ0) is 7.40. The maximum Gasteiger partial charge on any atom is 0.0703 e. The molecular weight excluding hydrogens is 126 g/mol. The van der Waals surface area contributed by atoms with Crippen molar-refractivity contribution in [1.29, 1.82) is 0 Å². The van der Waals surface area contributed by atoms with Crippen LogP contribution in [0.25, 0.3) is 0 Å². The molecule has 1 heterocycles. The van der Waals surface area contributed by atoms with Gasteiger partial charge in [0.25, 0.3) is 0 Å². The fourth-order valence-electron chi connectivity index (χ4n) is 1.36. The van der Waals surface area contributed by atoms with Crippen molar-refractivity contribution in [3.8, 4) is 0 Å². The molecule has 1 aliphatic heterocycles. The number of hydrogen-bond donors (Lipinski definition) is 1. The number of ether oxygens (including phenoxy) is 1. The molecule has 0 radical (unpaired) electrons. The van der Waals surface area contributed by atoms with E-state index in [2.05, 4.69) is 19.2 Å². The molecule has 0 bridgehead atoms. The second kappa shape index (κ2) is 3.94. The van der Waals surface area contributed by atoms with E-state index in [1.807, 2.05) is 0 Å². The normalized spacial score (nSPS) is 34.2. The van der Waals surface area contributed by atoms with Crippen molar-refractivity contribution in [2.75, 3.05) is 13.1 Å². The van der Waals surface area contributed by atoms with Crippen LogP contribution in [-0.4, -0.2) is 25.3 Å². The van der Waals surface area contributed by atoms with Gasteiger partial charge in [-0.3, -0.25) is 0 Å². The van der Waals surface area contributed by atoms with E-state index in [9.17, 15) is 0 Å². The van der Waals surface area contributed by atoms with Crippen molar-refractivity contribution in [3.63, 3.8) is 0 Å². The van der Waals surface area contributed by atoms with Gasteiger partial charge in [-0.05, 0) is 13.3 Å². The second-order valence-electron chi connectivity index (χ2n) is 3.02. The molecule has 0 aromatic rings. The van der Waals surface area contributed by atoms with Gasteiger partial charge >= 0.3 is 0 Å². The Morgan fingerprint density at radius 1 is 1.50 bits per heavy atom. The van der Waals surface area contributed by atoms with Crippen LogP contribution in [0.4, 0.5) is 0 Å². The van der Waals surface area contributed by atoms with E-state index in [1.54, 1.807) is 0 Å². The Kier molecular flexibility index (Phi) is 3.16. The van der Waals surface area contributed by atoms with Gasteiger partial charge in [0, 0.05) is 13.1 Å². The van der Waals surface area contributed by atoms with Crippen LogP contribution in [0, 0.1) is 0 Å². The molecule has 1 fully saturated rings. The van der Waals surface area contributed by atoms with Gasteiger partial charge in [-0.25, -0.2) is 0 Å². The fraction of sp³-hybridized carbons (Fsp3) is 1.00. The van der Waals surface area contributed by atoms with Gasteiger partial charge in [0.1, 0.15) is 0 Å². The highest BCUT2D eigenvalue weighted by Gasteiger charge is 2.16. The third-order valence-corrected chi connectivity index (χ3v) is 1.84. The van der Waals surface area contributed by atoms with Crippen LogP contribution in [0.5, 0.6) is 0 Å². The molecule has 0 saturated carbocycles. The lowest BCUT2D eigenvalue weighted by molar-refractivity contribution is -0.0309. The Hall–Kier alpha value is -0.0800. The predicted octanol–water partition coefficient (Wildman–Crippen LogP) is 1.16. The van der Waals surface area contributed by atoms with Crippen molar-refractivity contribution < 1.29 is 4.74 Å². The van der Waals surface area contributed by atoms with Crippen LogP contribution in [-0.2, 0) is 4.74 Å². The lowest BCUT2D eigenvalue weighted by Crippen LogP contribution is -2.43. The second-order valence-corrected chi connectivity index (χ2v) is 3.02. The van der Waals surface area contributed by atoms with Gasteiger partial charge in [-0.1, -0.05) is 13.3 Å². The minimum atomic E-state index is 0.408. The van der Waals surface area contributed by atoms with E-state index < -0.39 is 0 Å². The van der Waals surface area contributed by atoms with E-state index in [0.717, 1.165) is 13.1 Å². The van der Waals surface area contributed by atoms with Crippen molar-refractivity contribution in [2.24, 2.45) is 0 Å². The summed E-state index contributed by atoms with van der Waals surface area (Å²) in [5, 5.41) is 3.34. The number of rotatable bonds is 2. The molecule has 60 valence electrons. The van der Waals surface area contributed by atoms with E-state index in [-0.39, 0.29) is 0 Å². The Morgan fingerprint density at radius 2 is 2.30 bits per heavy atom.